The van der Waals surface area contributed by atoms with Gasteiger partial charge in [-0.15, -0.1) is 0 Å². The summed E-state index contributed by atoms with van der Waals surface area (Å²) in [5, 5.41) is 115. The van der Waals surface area contributed by atoms with E-state index in [-0.39, 0.29) is 38.0 Å². The van der Waals surface area contributed by atoms with Gasteiger partial charge in [0.05, 0.1) is 43.4 Å². The van der Waals surface area contributed by atoms with E-state index < -0.39 is 148 Å². The number of rotatable bonds is 11. The highest BCUT2D eigenvalue weighted by Crippen LogP contribution is 2.43. The van der Waals surface area contributed by atoms with E-state index in [9.17, 15) is 65.8 Å². The van der Waals surface area contributed by atoms with Crippen molar-refractivity contribution in [1.29, 1.82) is 0 Å². The molecule has 19 nitrogen and oxygen atoms in total. The molecule has 50 heavy (non-hydrogen) atoms. The Balaban J connectivity index is 1.35. The van der Waals surface area contributed by atoms with Crippen LogP contribution in [0.2, 0.25) is 0 Å². The number of carbonyl (C=O) groups excluding carboxylic acids is 2. The van der Waals surface area contributed by atoms with Gasteiger partial charge in [0.25, 0.3) is 0 Å². The summed E-state index contributed by atoms with van der Waals surface area (Å²) in [6.07, 6.45) is -21.8. The number of aliphatic hydroxyl groups excluding tert-OH is 10. The molecule has 2 aliphatic carbocycles. The average molecular weight is 727 g/mol. The first-order chi connectivity index (χ1) is 23.7. The van der Waals surface area contributed by atoms with Gasteiger partial charge < -0.3 is 89.4 Å². The molecule has 19 unspecified atom stereocenters. The molecule has 3 aliphatic heterocycles. The van der Waals surface area contributed by atoms with Crippen LogP contribution in [0.1, 0.15) is 51.4 Å². The van der Waals surface area contributed by atoms with Crippen molar-refractivity contribution < 1.29 is 94.2 Å². The molecule has 5 aliphatic rings. The van der Waals surface area contributed by atoms with Crippen LogP contribution in [0.4, 0.5) is 0 Å². The molecule has 0 bridgehead atoms. The van der Waals surface area contributed by atoms with Crippen molar-refractivity contribution in [2.24, 2.45) is 11.8 Å². The van der Waals surface area contributed by atoms with Gasteiger partial charge in [-0.3, -0.25) is 4.79 Å². The summed E-state index contributed by atoms with van der Waals surface area (Å²) in [6, 6.07) is 0. The molecule has 0 spiro atoms. The van der Waals surface area contributed by atoms with E-state index in [2.05, 4.69) is 0 Å². The van der Waals surface area contributed by atoms with Crippen LogP contribution >= 0.6 is 0 Å². The standard InChI is InChI=1S/C31H50O19/c32-9-19-23(39)25(41)27(43)30(49-19)47-17-7-12(33)6-16-13(17)8-18(29(46-16)11-1-2-14(34)15(35)5-11)48-31-28(44)26(42)24(40)20(50-31)10-45-22(38)4-3-21(36)37/h11-20,23-35,39-44H,1-10H2,(H,36,37). The van der Waals surface area contributed by atoms with Crippen LogP contribution in [-0.2, 0) is 33.3 Å². The quantitative estimate of drug-likeness (QED) is 0.0699. The van der Waals surface area contributed by atoms with Crippen molar-refractivity contribution >= 4 is 11.9 Å². The highest BCUT2D eigenvalue weighted by Gasteiger charge is 2.56. The van der Waals surface area contributed by atoms with Gasteiger partial charge in [0.1, 0.15) is 61.5 Å². The number of aliphatic hydroxyl groups is 12. The minimum absolute atomic E-state index is 0.0519. The first kappa shape index (κ1) is 39.5. The number of esters is 1. The monoisotopic (exact) mass is 726 g/mol. The van der Waals surface area contributed by atoms with Crippen LogP contribution in [0, 0.1) is 11.8 Å². The van der Waals surface area contributed by atoms with E-state index in [1.807, 2.05) is 0 Å². The second kappa shape index (κ2) is 17.0. The molecule has 0 radical (unpaired) electrons. The lowest BCUT2D eigenvalue weighted by atomic mass is 9.72. The van der Waals surface area contributed by atoms with Crippen molar-refractivity contribution in [3.8, 4) is 0 Å². The van der Waals surface area contributed by atoms with Gasteiger partial charge in [-0.05, 0) is 32.1 Å². The molecule has 0 amide bonds. The molecule has 5 fully saturated rings. The highest BCUT2D eigenvalue weighted by atomic mass is 16.7. The van der Waals surface area contributed by atoms with Gasteiger partial charge in [-0.2, -0.15) is 0 Å². The van der Waals surface area contributed by atoms with E-state index >= 15 is 0 Å². The van der Waals surface area contributed by atoms with Crippen LogP contribution in [0.25, 0.3) is 0 Å². The first-order valence-corrected chi connectivity index (χ1v) is 17.1. The Bertz CT molecular complexity index is 1130. The summed E-state index contributed by atoms with van der Waals surface area (Å²) < 4.78 is 33.7. The van der Waals surface area contributed by atoms with Crippen LogP contribution in [0.15, 0.2) is 0 Å². The molecule has 2 saturated carbocycles. The Morgan fingerprint density at radius 3 is 1.94 bits per heavy atom. The number of hydrogen-bond donors (Lipinski definition) is 10. The van der Waals surface area contributed by atoms with Crippen molar-refractivity contribution in [3.05, 3.63) is 0 Å². The molecule has 19 atom stereocenters. The van der Waals surface area contributed by atoms with Crippen molar-refractivity contribution in [3.63, 3.8) is 0 Å². The predicted octanol–water partition coefficient (Wildman–Crippen LogP) is -6.60. The van der Waals surface area contributed by atoms with Crippen LogP contribution < -0.4 is 5.11 Å². The van der Waals surface area contributed by atoms with Gasteiger partial charge in [-0.25, -0.2) is 0 Å². The summed E-state index contributed by atoms with van der Waals surface area (Å²) in [5.74, 6) is -3.25. The van der Waals surface area contributed by atoms with Crippen molar-refractivity contribution in [2.45, 2.75) is 156 Å². The zero-order valence-electron chi connectivity index (χ0n) is 27.2. The lowest BCUT2D eigenvalue weighted by Crippen LogP contribution is -2.64. The Morgan fingerprint density at radius 2 is 1.32 bits per heavy atom. The van der Waals surface area contributed by atoms with E-state index in [4.69, 9.17) is 28.4 Å². The number of ether oxygens (including phenoxy) is 6. The van der Waals surface area contributed by atoms with E-state index in [0.717, 1.165) is 0 Å². The van der Waals surface area contributed by atoms with Crippen LogP contribution in [0.3, 0.4) is 0 Å². The topological polar surface area (TPSA) is 318 Å². The summed E-state index contributed by atoms with van der Waals surface area (Å²) in [6.45, 7) is -1.29. The Kier molecular flexibility index (Phi) is 13.4. The maximum atomic E-state index is 12.0. The lowest BCUT2D eigenvalue weighted by Gasteiger charge is -2.50. The van der Waals surface area contributed by atoms with Crippen molar-refractivity contribution in [1.82, 2.24) is 0 Å². The molecule has 0 aromatic heterocycles. The van der Waals surface area contributed by atoms with E-state index in [0.29, 0.717) is 6.42 Å². The number of hydrogen-bond acceptors (Lipinski definition) is 18. The lowest BCUT2D eigenvalue weighted by molar-refractivity contribution is -0.367. The molecule has 0 aromatic rings. The van der Waals surface area contributed by atoms with Gasteiger partial charge in [0.2, 0.25) is 0 Å². The maximum Gasteiger partial charge on any atom is 0.306 e. The third-order valence-electron chi connectivity index (χ3n) is 10.6. The highest BCUT2D eigenvalue weighted by molar-refractivity contribution is 5.75. The maximum absolute atomic E-state index is 12.0. The minimum Gasteiger partial charge on any atom is -0.550 e. The smallest absolute Gasteiger partial charge is 0.306 e. The van der Waals surface area contributed by atoms with E-state index in [1.54, 1.807) is 0 Å². The molecule has 0 aromatic carbocycles. The molecule has 19 heteroatoms. The Morgan fingerprint density at radius 1 is 0.700 bits per heavy atom. The molecule has 11 N–H and O–H groups in total. The van der Waals surface area contributed by atoms with Gasteiger partial charge in [-0.1, -0.05) is 0 Å². The number of fused-ring (bicyclic) bond motifs is 1. The fourth-order valence-electron chi connectivity index (χ4n) is 7.78. The summed E-state index contributed by atoms with van der Waals surface area (Å²) in [5.41, 5.74) is 0. The molecular formula is C31H50O19. The Hall–Kier alpha value is -1.66. The molecule has 288 valence electrons. The largest absolute Gasteiger partial charge is 0.550 e. The third-order valence-corrected chi connectivity index (χ3v) is 10.6. The number of carbonyl (C=O) groups is 2. The average Bonchev–Trinajstić information content (AvgIpc) is 3.08. The van der Waals surface area contributed by atoms with Crippen LogP contribution in [-0.4, -0.2) is 185 Å². The Labute approximate surface area is 286 Å². The van der Waals surface area contributed by atoms with Crippen LogP contribution in [0.5, 0.6) is 0 Å². The number of carboxylic acids is 1. The van der Waals surface area contributed by atoms with Gasteiger partial charge in [0, 0.05) is 24.7 Å². The number of carboxylic acid groups (broad SMARTS) is 1. The molecule has 5 rings (SSSR count). The predicted molar refractivity (Wildman–Crippen MR) is 158 cm³/mol. The zero-order valence-corrected chi connectivity index (χ0v) is 27.2. The third kappa shape index (κ3) is 8.92. The fraction of sp³-hybridized carbons (Fsp3) is 0.935. The molecule has 3 saturated heterocycles. The zero-order chi connectivity index (χ0) is 36.4. The van der Waals surface area contributed by atoms with E-state index in [1.165, 1.54) is 0 Å². The second-order valence-electron chi connectivity index (χ2n) is 14.1. The van der Waals surface area contributed by atoms with Gasteiger partial charge in [0.15, 0.2) is 24.8 Å². The SMILES string of the molecule is O=C([O-])CCC(=O)OCC1OC(OC2CC3C(OC4OC(CO)C(O)C(O)C4O)CC(O)CC3[OH+]C2C2CCC(O)C(O)C2)C(O)C(O)C1O. The summed E-state index contributed by atoms with van der Waals surface area (Å²) in [4.78, 5) is 22.7. The second-order valence-corrected chi connectivity index (χ2v) is 14.1. The first-order valence-electron chi connectivity index (χ1n) is 17.1. The van der Waals surface area contributed by atoms with Crippen molar-refractivity contribution in [2.75, 3.05) is 13.2 Å². The molecule has 3 heterocycles. The van der Waals surface area contributed by atoms with Gasteiger partial charge >= 0.3 is 5.97 Å². The number of aliphatic carboxylic acids is 1. The molecular weight excluding hydrogens is 676 g/mol. The fourth-order valence-corrected chi connectivity index (χ4v) is 7.78. The summed E-state index contributed by atoms with van der Waals surface area (Å²) >= 11 is 0. The minimum atomic E-state index is -1.81. The normalized spacial score (nSPS) is 48.4. The summed E-state index contributed by atoms with van der Waals surface area (Å²) in [7, 11) is 0.